The van der Waals surface area contributed by atoms with Crippen molar-refractivity contribution in [3.63, 3.8) is 0 Å². The molecule has 5 rings (SSSR count). The fourth-order valence-electron chi connectivity index (χ4n) is 4.74. The Kier molecular flexibility index (Phi) is 5.95. The highest BCUT2D eigenvalue weighted by molar-refractivity contribution is 5.97. The van der Waals surface area contributed by atoms with Crippen LogP contribution in [-0.2, 0) is 13.5 Å². The number of benzene rings is 3. The van der Waals surface area contributed by atoms with Crippen LogP contribution in [-0.4, -0.2) is 30.2 Å². The van der Waals surface area contributed by atoms with Crippen LogP contribution in [0.4, 0.5) is 0 Å². The van der Waals surface area contributed by atoms with Gasteiger partial charge >= 0.3 is 5.97 Å². The summed E-state index contributed by atoms with van der Waals surface area (Å²) in [5.41, 5.74) is 6.92. The Bertz CT molecular complexity index is 1540. The fourth-order valence-corrected chi connectivity index (χ4v) is 4.74. The molecule has 0 unspecified atom stereocenters. The number of aromatic carboxylic acids is 1. The lowest BCUT2D eigenvalue weighted by Crippen LogP contribution is -2.06. The standard InChI is InChI=1S/C29H28N4O2/c1-4-5-13-27-31-24-15-14-20(28-30-16-17-32(28)3)18-26(24)33(27)25-12-8-11-21(19(25)2)22-9-6-7-10-23(22)29(34)35/h6-12,14-18H,4-5,13H2,1-3H3,(H,34,35). The number of carboxylic acid groups (broad SMARTS) is 1. The molecule has 1 N–H and O–H groups in total. The molecule has 0 amide bonds. The van der Waals surface area contributed by atoms with E-state index in [2.05, 4.69) is 47.7 Å². The minimum absolute atomic E-state index is 0.298. The largest absolute Gasteiger partial charge is 0.478 e. The molecule has 0 radical (unpaired) electrons. The number of hydrogen-bond donors (Lipinski definition) is 1. The molecule has 176 valence electrons. The third-order valence-corrected chi connectivity index (χ3v) is 6.55. The third kappa shape index (κ3) is 4.01. The quantitative estimate of drug-likeness (QED) is 0.301. The van der Waals surface area contributed by atoms with Gasteiger partial charge in [-0.05, 0) is 60.4 Å². The SMILES string of the molecule is CCCCc1nc2ccc(-c3nccn3C)cc2n1-c1cccc(-c2ccccc2C(=O)O)c1C. The van der Waals surface area contributed by atoms with E-state index in [0.29, 0.717) is 11.1 Å². The van der Waals surface area contributed by atoms with Gasteiger partial charge in [0.25, 0.3) is 0 Å². The van der Waals surface area contributed by atoms with E-state index in [1.807, 2.05) is 42.1 Å². The van der Waals surface area contributed by atoms with Gasteiger partial charge in [0.05, 0.1) is 22.3 Å². The molecule has 0 saturated heterocycles. The van der Waals surface area contributed by atoms with E-state index in [4.69, 9.17) is 4.98 Å². The van der Waals surface area contributed by atoms with Crippen molar-refractivity contribution in [2.45, 2.75) is 33.1 Å². The topological polar surface area (TPSA) is 72.9 Å². The van der Waals surface area contributed by atoms with Crippen LogP contribution in [0, 0.1) is 6.92 Å². The Hall–Kier alpha value is -4.19. The summed E-state index contributed by atoms with van der Waals surface area (Å²) in [6, 6.07) is 19.5. The average Bonchev–Trinajstić information content (AvgIpc) is 3.45. The van der Waals surface area contributed by atoms with Gasteiger partial charge in [0.1, 0.15) is 11.6 Å². The second-order valence-electron chi connectivity index (χ2n) is 8.83. The Morgan fingerprint density at radius 1 is 1.03 bits per heavy atom. The molecule has 3 aromatic carbocycles. The summed E-state index contributed by atoms with van der Waals surface area (Å²) in [6.45, 7) is 4.24. The predicted molar refractivity (Wildman–Crippen MR) is 139 cm³/mol. The summed E-state index contributed by atoms with van der Waals surface area (Å²) >= 11 is 0. The Morgan fingerprint density at radius 3 is 2.57 bits per heavy atom. The fraction of sp³-hybridized carbons (Fsp3) is 0.207. The highest BCUT2D eigenvalue weighted by Gasteiger charge is 2.19. The number of fused-ring (bicyclic) bond motifs is 1. The van der Waals surface area contributed by atoms with Crippen LogP contribution in [0.1, 0.15) is 41.5 Å². The van der Waals surface area contributed by atoms with E-state index in [1.165, 1.54) is 0 Å². The molecular formula is C29H28N4O2. The molecule has 6 nitrogen and oxygen atoms in total. The molecule has 0 spiro atoms. The van der Waals surface area contributed by atoms with Gasteiger partial charge in [-0.2, -0.15) is 0 Å². The number of carboxylic acids is 1. The third-order valence-electron chi connectivity index (χ3n) is 6.55. The van der Waals surface area contributed by atoms with E-state index in [1.54, 1.807) is 18.3 Å². The summed E-state index contributed by atoms with van der Waals surface area (Å²) in [7, 11) is 1.99. The number of imidazole rings is 2. The summed E-state index contributed by atoms with van der Waals surface area (Å²) in [6.07, 6.45) is 6.72. The maximum Gasteiger partial charge on any atom is 0.336 e. The molecule has 35 heavy (non-hydrogen) atoms. The van der Waals surface area contributed by atoms with Gasteiger partial charge in [0.2, 0.25) is 0 Å². The van der Waals surface area contributed by atoms with E-state index in [9.17, 15) is 9.90 Å². The van der Waals surface area contributed by atoms with Crippen LogP contribution < -0.4 is 0 Å². The maximum atomic E-state index is 11.9. The lowest BCUT2D eigenvalue weighted by atomic mass is 9.95. The molecule has 0 atom stereocenters. The van der Waals surface area contributed by atoms with Gasteiger partial charge in [-0.1, -0.05) is 43.7 Å². The number of carbonyl (C=O) groups is 1. The highest BCUT2D eigenvalue weighted by atomic mass is 16.4. The van der Waals surface area contributed by atoms with Crippen molar-refractivity contribution < 1.29 is 9.90 Å². The van der Waals surface area contributed by atoms with Crippen LogP contribution in [0.3, 0.4) is 0 Å². The number of nitrogens with zero attached hydrogens (tertiary/aromatic N) is 4. The number of unbranched alkanes of at least 4 members (excludes halogenated alkanes) is 1. The number of hydrogen-bond acceptors (Lipinski definition) is 3. The molecule has 0 aliphatic heterocycles. The summed E-state index contributed by atoms with van der Waals surface area (Å²) in [5, 5.41) is 9.77. The van der Waals surface area contributed by atoms with Gasteiger partial charge in [-0.3, -0.25) is 4.57 Å². The Morgan fingerprint density at radius 2 is 1.83 bits per heavy atom. The van der Waals surface area contributed by atoms with Crippen molar-refractivity contribution in [3.05, 3.63) is 90.0 Å². The molecular weight excluding hydrogens is 436 g/mol. The smallest absolute Gasteiger partial charge is 0.336 e. The van der Waals surface area contributed by atoms with E-state index in [-0.39, 0.29) is 0 Å². The maximum absolute atomic E-state index is 11.9. The monoisotopic (exact) mass is 464 g/mol. The predicted octanol–water partition coefficient (Wildman–Crippen LogP) is 6.44. The Balaban J connectivity index is 1.75. The zero-order chi connectivity index (χ0) is 24.5. The molecule has 5 aromatic rings. The molecule has 6 heteroatoms. The molecule has 0 aliphatic carbocycles. The number of aromatic nitrogens is 4. The number of rotatable bonds is 7. The zero-order valence-electron chi connectivity index (χ0n) is 20.2. The minimum atomic E-state index is -0.929. The van der Waals surface area contributed by atoms with Crippen molar-refractivity contribution in [1.82, 2.24) is 19.1 Å². The summed E-state index contributed by atoms with van der Waals surface area (Å²) in [5.74, 6) is 0.975. The van der Waals surface area contributed by atoms with Crippen molar-refractivity contribution in [2.24, 2.45) is 7.05 Å². The van der Waals surface area contributed by atoms with Crippen LogP contribution in [0.25, 0.3) is 39.2 Å². The molecule has 0 aliphatic rings. The normalized spacial score (nSPS) is 11.3. The van der Waals surface area contributed by atoms with E-state index >= 15 is 0 Å². The minimum Gasteiger partial charge on any atom is -0.478 e. The van der Waals surface area contributed by atoms with E-state index in [0.717, 1.165) is 64.3 Å². The lowest BCUT2D eigenvalue weighted by Gasteiger charge is -2.17. The van der Waals surface area contributed by atoms with Crippen molar-refractivity contribution in [1.29, 1.82) is 0 Å². The molecule has 2 heterocycles. The average molecular weight is 465 g/mol. The first-order valence-electron chi connectivity index (χ1n) is 11.9. The molecule has 0 fully saturated rings. The van der Waals surface area contributed by atoms with Gasteiger partial charge in [0, 0.05) is 31.4 Å². The summed E-state index contributed by atoms with van der Waals surface area (Å²) in [4.78, 5) is 21.5. The zero-order valence-corrected chi connectivity index (χ0v) is 20.2. The van der Waals surface area contributed by atoms with Crippen LogP contribution >= 0.6 is 0 Å². The van der Waals surface area contributed by atoms with Crippen LogP contribution in [0.5, 0.6) is 0 Å². The summed E-state index contributed by atoms with van der Waals surface area (Å²) < 4.78 is 4.24. The Labute approximate surface area is 204 Å². The molecule has 0 saturated carbocycles. The van der Waals surface area contributed by atoms with Crippen molar-refractivity contribution >= 4 is 17.0 Å². The number of aryl methyl sites for hydroxylation is 2. The second kappa shape index (κ2) is 9.22. The second-order valence-corrected chi connectivity index (χ2v) is 8.83. The lowest BCUT2D eigenvalue weighted by molar-refractivity contribution is 0.0697. The van der Waals surface area contributed by atoms with Gasteiger partial charge in [-0.15, -0.1) is 0 Å². The first kappa shape index (κ1) is 22.6. The van der Waals surface area contributed by atoms with Crippen molar-refractivity contribution in [2.75, 3.05) is 0 Å². The van der Waals surface area contributed by atoms with Gasteiger partial charge < -0.3 is 9.67 Å². The van der Waals surface area contributed by atoms with Gasteiger partial charge in [0.15, 0.2) is 0 Å². The first-order valence-corrected chi connectivity index (χ1v) is 11.9. The van der Waals surface area contributed by atoms with Crippen LogP contribution in [0.2, 0.25) is 0 Å². The van der Waals surface area contributed by atoms with Crippen LogP contribution in [0.15, 0.2) is 73.1 Å². The van der Waals surface area contributed by atoms with E-state index < -0.39 is 5.97 Å². The van der Waals surface area contributed by atoms with Crippen molar-refractivity contribution in [3.8, 4) is 28.2 Å². The first-order chi connectivity index (χ1) is 17.0. The molecule has 2 aromatic heterocycles. The molecule has 0 bridgehead atoms. The van der Waals surface area contributed by atoms with Gasteiger partial charge in [-0.25, -0.2) is 14.8 Å². The highest BCUT2D eigenvalue weighted by Crippen LogP contribution is 2.34.